The molecule has 2 N–H and O–H groups in total. The Kier molecular flexibility index (Phi) is 7.85. The van der Waals surface area contributed by atoms with Gasteiger partial charge in [0, 0.05) is 28.9 Å². The third kappa shape index (κ3) is 5.65. The predicted octanol–water partition coefficient (Wildman–Crippen LogP) is 5.34. The smallest absolute Gasteiger partial charge is 0.259 e. The van der Waals surface area contributed by atoms with E-state index in [-0.39, 0.29) is 5.91 Å². The first kappa shape index (κ1) is 23.7. The van der Waals surface area contributed by atoms with Crippen LogP contribution in [0.25, 0.3) is 0 Å². The van der Waals surface area contributed by atoms with Gasteiger partial charge >= 0.3 is 0 Å². The van der Waals surface area contributed by atoms with Gasteiger partial charge in [-0.2, -0.15) is 5.10 Å². The molecule has 0 aliphatic heterocycles. The third-order valence-corrected chi connectivity index (χ3v) is 6.14. The maximum absolute atomic E-state index is 12.9. The zero-order chi connectivity index (χ0) is 23.3. The van der Waals surface area contributed by atoms with Crippen LogP contribution < -0.4 is 10.6 Å². The van der Waals surface area contributed by atoms with Crippen molar-refractivity contribution in [3.63, 3.8) is 0 Å². The first-order valence-corrected chi connectivity index (χ1v) is 11.6. The number of benzene rings is 2. The van der Waals surface area contributed by atoms with Gasteiger partial charge in [-0.15, -0.1) is 0 Å². The van der Waals surface area contributed by atoms with Crippen LogP contribution in [0.15, 0.2) is 51.9 Å². The number of nitrogens with zero attached hydrogens (tertiary/aromatic N) is 3. The number of rotatable bonds is 6. The van der Waals surface area contributed by atoms with Gasteiger partial charge in [-0.3, -0.25) is 19.8 Å². The SMILES string of the molecule is CCn1nc(C)c(CCN=C(NC(=O)c2ccccc2Br)Nc2ccc(C)cc2C)c1C. The van der Waals surface area contributed by atoms with Gasteiger partial charge in [0.25, 0.3) is 5.91 Å². The molecule has 1 heterocycles. The number of aromatic nitrogens is 2. The van der Waals surface area contributed by atoms with Crippen molar-refractivity contribution in [3.8, 4) is 0 Å². The standard InChI is InChI=1S/C25H30BrN5O/c1-6-31-19(5)20(18(4)30-31)13-14-27-25(28-23-12-11-16(2)15-17(23)3)29-24(32)21-9-7-8-10-22(21)26/h7-12,15H,6,13-14H2,1-5H3,(H2,27,28,29,32). The monoisotopic (exact) mass is 495 g/mol. The van der Waals surface area contributed by atoms with Gasteiger partial charge in [0.2, 0.25) is 5.96 Å². The highest BCUT2D eigenvalue weighted by atomic mass is 79.9. The zero-order valence-electron chi connectivity index (χ0n) is 19.3. The lowest BCUT2D eigenvalue weighted by molar-refractivity contribution is 0.0976. The van der Waals surface area contributed by atoms with Crippen LogP contribution in [-0.4, -0.2) is 28.2 Å². The number of hydrogen-bond donors (Lipinski definition) is 2. The molecule has 0 saturated carbocycles. The van der Waals surface area contributed by atoms with Crippen LogP contribution in [0.2, 0.25) is 0 Å². The van der Waals surface area contributed by atoms with E-state index in [0.717, 1.165) is 34.4 Å². The lowest BCUT2D eigenvalue weighted by Gasteiger charge is -2.15. The lowest BCUT2D eigenvalue weighted by Crippen LogP contribution is -2.36. The molecule has 3 aromatic rings. The molecule has 1 aromatic heterocycles. The minimum atomic E-state index is -0.223. The van der Waals surface area contributed by atoms with E-state index < -0.39 is 0 Å². The summed E-state index contributed by atoms with van der Waals surface area (Å²) in [6.45, 7) is 11.7. The lowest BCUT2D eigenvalue weighted by atomic mass is 10.1. The molecule has 0 saturated heterocycles. The fourth-order valence-electron chi connectivity index (χ4n) is 3.70. The fourth-order valence-corrected chi connectivity index (χ4v) is 4.16. The highest BCUT2D eigenvalue weighted by Gasteiger charge is 2.14. The summed E-state index contributed by atoms with van der Waals surface area (Å²) in [6, 6.07) is 13.5. The Morgan fingerprint density at radius 3 is 2.53 bits per heavy atom. The average Bonchev–Trinajstić information content (AvgIpc) is 3.03. The quantitative estimate of drug-likeness (QED) is 0.358. The number of guanidine groups is 1. The minimum Gasteiger partial charge on any atom is -0.326 e. The molecule has 3 rings (SSSR count). The van der Waals surface area contributed by atoms with Gasteiger partial charge in [0.1, 0.15) is 0 Å². The average molecular weight is 496 g/mol. The number of hydrogen-bond acceptors (Lipinski definition) is 3. The van der Waals surface area contributed by atoms with E-state index in [2.05, 4.69) is 58.5 Å². The van der Waals surface area contributed by atoms with Crippen molar-refractivity contribution in [3.05, 3.63) is 80.6 Å². The summed E-state index contributed by atoms with van der Waals surface area (Å²) in [5.74, 6) is 0.204. The molecule has 0 radical (unpaired) electrons. The maximum Gasteiger partial charge on any atom is 0.259 e. The second-order valence-electron chi connectivity index (χ2n) is 7.82. The first-order valence-electron chi connectivity index (χ1n) is 10.8. The number of anilines is 1. The Morgan fingerprint density at radius 1 is 1.12 bits per heavy atom. The minimum absolute atomic E-state index is 0.223. The van der Waals surface area contributed by atoms with E-state index in [9.17, 15) is 4.79 Å². The van der Waals surface area contributed by atoms with Crippen molar-refractivity contribution < 1.29 is 4.79 Å². The van der Waals surface area contributed by atoms with E-state index >= 15 is 0 Å². The van der Waals surface area contributed by atoms with Crippen molar-refractivity contribution in [1.29, 1.82) is 0 Å². The van der Waals surface area contributed by atoms with Crippen LogP contribution in [0, 0.1) is 27.7 Å². The summed E-state index contributed by atoms with van der Waals surface area (Å²) in [7, 11) is 0. The van der Waals surface area contributed by atoms with Gasteiger partial charge in [0.15, 0.2) is 0 Å². The maximum atomic E-state index is 12.9. The summed E-state index contributed by atoms with van der Waals surface area (Å²) < 4.78 is 2.75. The Balaban J connectivity index is 1.83. The Hall–Kier alpha value is -2.93. The van der Waals surface area contributed by atoms with Crippen LogP contribution in [0.1, 0.15) is 45.4 Å². The molecular formula is C25H30BrN5O. The number of carbonyl (C=O) groups is 1. The van der Waals surface area contributed by atoms with Crippen molar-refractivity contribution in [2.75, 3.05) is 11.9 Å². The normalized spacial score (nSPS) is 11.5. The number of halogens is 1. The number of carbonyl (C=O) groups excluding carboxylic acids is 1. The first-order chi connectivity index (χ1) is 15.3. The zero-order valence-corrected chi connectivity index (χ0v) is 20.9. The van der Waals surface area contributed by atoms with Crippen molar-refractivity contribution in [2.45, 2.75) is 47.6 Å². The molecule has 0 unspecified atom stereocenters. The topological polar surface area (TPSA) is 71.3 Å². The number of nitrogens with one attached hydrogen (secondary N) is 2. The molecule has 0 spiro atoms. The van der Waals surface area contributed by atoms with Crippen LogP contribution in [-0.2, 0) is 13.0 Å². The molecule has 0 fully saturated rings. The van der Waals surface area contributed by atoms with Crippen molar-refractivity contribution in [1.82, 2.24) is 15.1 Å². The molecule has 6 nitrogen and oxygen atoms in total. The molecule has 168 valence electrons. The second-order valence-corrected chi connectivity index (χ2v) is 8.68. The van der Waals surface area contributed by atoms with Gasteiger partial charge in [0.05, 0.1) is 11.3 Å². The van der Waals surface area contributed by atoms with Crippen molar-refractivity contribution in [2.24, 2.45) is 4.99 Å². The van der Waals surface area contributed by atoms with E-state index in [1.807, 2.05) is 48.9 Å². The van der Waals surface area contributed by atoms with E-state index in [4.69, 9.17) is 4.99 Å². The molecule has 1 amide bonds. The predicted molar refractivity (Wildman–Crippen MR) is 135 cm³/mol. The van der Waals surface area contributed by atoms with Crippen LogP contribution >= 0.6 is 15.9 Å². The number of aliphatic imine (C=N–C) groups is 1. The highest BCUT2D eigenvalue weighted by Crippen LogP contribution is 2.18. The molecule has 7 heteroatoms. The van der Waals surface area contributed by atoms with E-state index in [0.29, 0.717) is 18.1 Å². The summed E-state index contributed by atoms with van der Waals surface area (Å²) in [6.07, 6.45) is 0.751. The molecule has 0 atom stereocenters. The summed E-state index contributed by atoms with van der Waals surface area (Å²) in [5, 5.41) is 10.8. The molecule has 0 aliphatic carbocycles. The second kappa shape index (κ2) is 10.6. The Morgan fingerprint density at radius 2 is 1.88 bits per heavy atom. The summed E-state index contributed by atoms with van der Waals surface area (Å²) >= 11 is 3.45. The molecule has 0 bridgehead atoms. The van der Waals surface area contributed by atoms with Crippen LogP contribution in [0.5, 0.6) is 0 Å². The molecule has 2 aromatic carbocycles. The van der Waals surface area contributed by atoms with Gasteiger partial charge in [-0.25, -0.2) is 0 Å². The summed E-state index contributed by atoms with van der Waals surface area (Å²) in [5.41, 5.74) is 7.14. The Bertz CT molecular complexity index is 1150. The Labute approximate surface area is 198 Å². The van der Waals surface area contributed by atoms with E-state index in [1.165, 1.54) is 16.8 Å². The van der Waals surface area contributed by atoms with Crippen molar-refractivity contribution >= 4 is 33.5 Å². The third-order valence-electron chi connectivity index (χ3n) is 5.45. The van der Waals surface area contributed by atoms with Crippen LogP contribution in [0.3, 0.4) is 0 Å². The molecular weight excluding hydrogens is 466 g/mol. The number of amides is 1. The van der Waals surface area contributed by atoms with Gasteiger partial charge in [-0.05, 0) is 86.3 Å². The van der Waals surface area contributed by atoms with Gasteiger partial charge in [-0.1, -0.05) is 29.8 Å². The molecule has 32 heavy (non-hydrogen) atoms. The highest BCUT2D eigenvalue weighted by molar-refractivity contribution is 9.10. The fraction of sp³-hybridized carbons (Fsp3) is 0.320. The number of aryl methyl sites for hydroxylation is 4. The van der Waals surface area contributed by atoms with Crippen LogP contribution in [0.4, 0.5) is 5.69 Å². The summed E-state index contributed by atoms with van der Waals surface area (Å²) in [4.78, 5) is 17.6. The largest absolute Gasteiger partial charge is 0.326 e. The molecule has 0 aliphatic rings. The van der Waals surface area contributed by atoms with Gasteiger partial charge < -0.3 is 5.32 Å². The van der Waals surface area contributed by atoms with E-state index in [1.54, 1.807) is 6.07 Å².